The summed E-state index contributed by atoms with van der Waals surface area (Å²) in [5.74, 6) is 0.669. The van der Waals surface area contributed by atoms with Crippen molar-refractivity contribution in [3.05, 3.63) is 29.8 Å². The Balaban J connectivity index is 2.70. The van der Waals surface area contributed by atoms with E-state index in [4.69, 9.17) is 10.5 Å². The number of hydrogen-bond donors (Lipinski definition) is 1. The lowest BCUT2D eigenvalue weighted by atomic mass is 10.0. The Bertz CT molecular complexity index is 393. The van der Waals surface area contributed by atoms with Crippen molar-refractivity contribution in [2.24, 2.45) is 5.73 Å². The fourth-order valence-electron chi connectivity index (χ4n) is 1.56. The van der Waals surface area contributed by atoms with E-state index in [-0.39, 0.29) is 18.6 Å². The summed E-state index contributed by atoms with van der Waals surface area (Å²) >= 11 is 0. The zero-order valence-corrected chi connectivity index (χ0v) is 11.3. The highest BCUT2D eigenvalue weighted by Crippen LogP contribution is 2.25. The van der Waals surface area contributed by atoms with Gasteiger partial charge in [0.2, 0.25) is 0 Å². The van der Waals surface area contributed by atoms with Crippen LogP contribution in [0.1, 0.15) is 31.9 Å². The van der Waals surface area contributed by atoms with Crippen LogP contribution in [0.25, 0.3) is 0 Å². The molecule has 0 aromatic heterocycles. The topological polar surface area (TPSA) is 55.6 Å². The minimum absolute atomic E-state index is 0.0302. The van der Waals surface area contributed by atoms with Crippen molar-refractivity contribution in [1.29, 1.82) is 0 Å². The number of nitrogens with zero attached hydrogens (tertiary/aromatic N) is 1. The molecule has 0 unspecified atom stereocenters. The first-order chi connectivity index (χ1) is 8.60. The van der Waals surface area contributed by atoms with Gasteiger partial charge >= 0.3 is 0 Å². The molecule has 100 valence electrons. The van der Waals surface area contributed by atoms with Gasteiger partial charge in [0, 0.05) is 25.2 Å². The summed E-state index contributed by atoms with van der Waals surface area (Å²) < 4.78 is 5.57. The summed E-state index contributed by atoms with van der Waals surface area (Å²) in [5, 5.41) is 0. The predicted molar refractivity (Wildman–Crippen MR) is 72.5 cm³/mol. The van der Waals surface area contributed by atoms with Crippen molar-refractivity contribution in [3.8, 4) is 5.75 Å². The Morgan fingerprint density at radius 2 is 2.06 bits per heavy atom. The molecule has 1 amide bonds. The standard InChI is InChI=1S/C14H22N2O2/c1-4-12(15)11-8-6-7-9-13(11)18-10-14(17)16(3)5-2/h6-9,12H,4-5,10,15H2,1-3H3/t12-/m0/s1. The molecule has 1 rings (SSSR count). The van der Waals surface area contributed by atoms with Crippen LogP contribution in [0.4, 0.5) is 0 Å². The molecule has 0 radical (unpaired) electrons. The highest BCUT2D eigenvalue weighted by Gasteiger charge is 2.12. The van der Waals surface area contributed by atoms with E-state index in [0.717, 1.165) is 12.0 Å². The highest BCUT2D eigenvalue weighted by molar-refractivity contribution is 5.77. The van der Waals surface area contributed by atoms with Gasteiger partial charge in [-0.1, -0.05) is 25.1 Å². The fraction of sp³-hybridized carbons (Fsp3) is 0.500. The van der Waals surface area contributed by atoms with Gasteiger partial charge in [-0.2, -0.15) is 0 Å². The molecule has 0 saturated carbocycles. The van der Waals surface area contributed by atoms with Gasteiger partial charge in [0.25, 0.3) is 5.91 Å². The molecule has 18 heavy (non-hydrogen) atoms. The molecule has 0 fully saturated rings. The third kappa shape index (κ3) is 3.74. The Labute approximate surface area is 109 Å². The number of carbonyl (C=O) groups is 1. The number of benzene rings is 1. The largest absolute Gasteiger partial charge is 0.483 e. The van der Waals surface area contributed by atoms with E-state index >= 15 is 0 Å². The lowest BCUT2D eigenvalue weighted by molar-refractivity contribution is -0.131. The molecule has 2 N–H and O–H groups in total. The van der Waals surface area contributed by atoms with E-state index in [1.807, 2.05) is 38.1 Å². The third-order valence-corrected chi connectivity index (χ3v) is 3.01. The van der Waals surface area contributed by atoms with Gasteiger partial charge in [-0.05, 0) is 19.4 Å². The van der Waals surface area contributed by atoms with Crippen LogP contribution in [0, 0.1) is 0 Å². The molecule has 0 heterocycles. The van der Waals surface area contributed by atoms with Gasteiger partial charge in [0.15, 0.2) is 6.61 Å². The molecule has 1 atom stereocenters. The smallest absolute Gasteiger partial charge is 0.260 e. The van der Waals surface area contributed by atoms with Gasteiger partial charge in [0.05, 0.1) is 0 Å². The molecule has 4 nitrogen and oxygen atoms in total. The van der Waals surface area contributed by atoms with E-state index in [9.17, 15) is 4.79 Å². The van der Waals surface area contributed by atoms with Crippen LogP contribution in [0.5, 0.6) is 5.75 Å². The van der Waals surface area contributed by atoms with E-state index in [2.05, 4.69) is 0 Å². The van der Waals surface area contributed by atoms with E-state index in [1.54, 1.807) is 11.9 Å². The van der Waals surface area contributed by atoms with Crippen LogP contribution in [0.3, 0.4) is 0 Å². The first-order valence-electron chi connectivity index (χ1n) is 6.31. The zero-order valence-electron chi connectivity index (χ0n) is 11.3. The van der Waals surface area contributed by atoms with Crippen molar-refractivity contribution in [1.82, 2.24) is 4.90 Å². The number of amides is 1. The monoisotopic (exact) mass is 250 g/mol. The van der Waals surface area contributed by atoms with Crippen molar-refractivity contribution in [2.75, 3.05) is 20.2 Å². The number of hydrogen-bond acceptors (Lipinski definition) is 3. The van der Waals surface area contributed by atoms with Crippen LogP contribution in [-0.2, 0) is 4.79 Å². The molecular weight excluding hydrogens is 228 g/mol. The number of likely N-dealkylation sites (N-methyl/N-ethyl adjacent to an activating group) is 1. The number of carbonyl (C=O) groups excluding carboxylic acids is 1. The Morgan fingerprint density at radius 3 is 2.67 bits per heavy atom. The third-order valence-electron chi connectivity index (χ3n) is 3.01. The van der Waals surface area contributed by atoms with Crippen LogP contribution in [0.2, 0.25) is 0 Å². The summed E-state index contributed by atoms with van der Waals surface area (Å²) in [6, 6.07) is 7.55. The second-order valence-electron chi connectivity index (χ2n) is 4.25. The minimum atomic E-state index is -0.0554. The molecule has 0 saturated heterocycles. The average molecular weight is 250 g/mol. The van der Waals surface area contributed by atoms with E-state index < -0.39 is 0 Å². The first kappa shape index (κ1) is 14.5. The second kappa shape index (κ2) is 7.01. The maximum absolute atomic E-state index is 11.7. The summed E-state index contributed by atoms with van der Waals surface area (Å²) in [4.78, 5) is 13.3. The maximum atomic E-state index is 11.7. The molecule has 0 aliphatic heterocycles. The molecule has 1 aromatic carbocycles. The number of para-hydroxylation sites is 1. The van der Waals surface area contributed by atoms with Gasteiger partial charge in [-0.15, -0.1) is 0 Å². The maximum Gasteiger partial charge on any atom is 0.260 e. The summed E-state index contributed by atoms with van der Waals surface area (Å²) in [6.45, 7) is 4.69. The van der Waals surface area contributed by atoms with Crippen molar-refractivity contribution in [2.45, 2.75) is 26.3 Å². The molecule has 0 aliphatic carbocycles. The molecule has 1 aromatic rings. The van der Waals surface area contributed by atoms with Gasteiger partial charge in [-0.3, -0.25) is 4.79 Å². The van der Waals surface area contributed by atoms with Crippen LogP contribution >= 0.6 is 0 Å². The Morgan fingerprint density at radius 1 is 1.39 bits per heavy atom. The molecule has 4 heteroatoms. The van der Waals surface area contributed by atoms with Gasteiger partial charge in [-0.25, -0.2) is 0 Å². The van der Waals surface area contributed by atoms with E-state index in [1.165, 1.54) is 0 Å². The lowest BCUT2D eigenvalue weighted by Crippen LogP contribution is -2.31. The summed E-state index contributed by atoms with van der Waals surface area (Å²) in [6.07, 6.45) is 0.836. The number of nitrogens with two attached hydrogens (primary N) is 1. The average Bonchev–Trinajstić information content (AvgIpc) is 2.43. The molecule has 0 bridgehead atoms. The lowest BCUT2D eigenvalue weighted by Gasteiger charge is -2.18. The normalized spacial score (nSPS) is 12.0. The molecule has 0 aliphatic rings. The van der Waals surface area contributed by atoms with Crippen LogP contribution in [0.15, 0.2) is 24.3 Å². The van der Waals surface area contributed by atoms with Crippen molar-refractivity contribution < 1.29 is 9.53 Å². The van der Waals surface area contributed by atoms with E-state index in [0.29, 0.717) is 12.3 Å². The quantitative estimate of drug-likeness (QED) is 0.839. The predicted octanol–water partition coefficient (Wildman–Crippen LogP) is 1.95. The first-order valence-corrected chi connectivity index (χ1v) is 6.31. The fourth-order valence-corrected chi connectivity index (χ4v) is 1.56. The second-order valence-corrected chi connectivity index (χ2v) is 4.25. The highest BCUT2D eigenvalue weighted by atomic mass is 16.5. The van der Waals surface area contributed by atoms with Gasteiger partial charge < -0.3 is 15.4 Å². The number of rotatable bonds is 6. The molecular formula is C14H22N2O2. The number of ether oxygens (including phenoxy) is 1. The Kier molecular flexibility index (Phi) is 5.65. The zero-order chi connectivity index (χ0) is 13.5. The molecule has 0 spiro atoms. The van der Waals surface area contributed by atoms with Crippen LogP contribution < -0.4 is 10.5 Å². The van der Waals surface area contributed by atoms with Crippen molar-refractivity contribution in [3.63, 3.8) is 0 Å². The summed E-state index contributed by atoms with van der Waals surface area (Å²) in [5.41, 5.74) is 6.96. The Hall–Kier alpha value is -1.55. The van der Waals surface area contributed by atoms with Crippen molar-refractivity contribution >= 4 is 5.91 Å². The summed E-state index contributed by atoms with van der Waals surface area (Å²) in [7, 11) is 1.76. The minimum Gasteiger partial charge on any atom is -0.483 e. The SMILES string of the molecule is CC[C@H](N)c1ccccc1OCC(=O)N(C)CC. The van der Waals surface area contributed by atoms with Crippen LogP contribution in [-0.4, -0.2) is 31.0 Å². The van der Waals surface area contributed by atoms with Gasteiger partial charge in [0.1, 0.15) is 5.75 Å².